The van der Waals surface area contributed by atoms with Crippen LogP contribution in [0.3, 0.4) is 0 Å². The van der Waals surface area contributed by atoms with E-state index < -0.39 is 11.7 Å². The van der Waals surface area contributed by atoms with E-state index in [0.717, 1.165) is 29.4 Å². The molecule has 4 rings (SSSR count). The summed E-state index contributed by atoms with van der Waals surface area (Å²) in [6.45, 7) is 0.967. The Balaban J connectivity index is 1.50. The zero-order valence-corrected chi connectivity index (χ0v) is 18.3. The normalized spacial score (nSPS) is 17.1. The van der Waals surface area contributed by atoms with Crippen molar-refractivity contribution >= 4 is 33.4 Å². The molecule has 0 spiro atoms. The Hall–Kier alpha value is -2.39. The molecule has 1 atom stereocenters. The number of piperidine rings is 1. The smallest absolute Gasteiger partial charge is 0.416 e. The third-order valence-corrected chi connectivity index (χ3v) is 5.94. The van der Waals surface area contributed by atoms with E-state index in [1.54, 1.807) is 23.1 Å². The minimum atomic E-state index is -4.41. The molecule has 5 nitrogen and oxygen atoms in total. The van der Waals surface area contributed by atoms with Crippen molar-refractivity contribution in [1.29, 1.82) is 0 Å². The summed E-state index contributed by atoms with van der Waals surface area (Å²) >= 11 is 9.55. The standard InChI is InChI=1S/C21H16BrClF3N3O2/c22-15-7-8-17(23)16(10-15)20(30)29-9-1-2-13(11-29)19-28-27-18(31-19)12-3-5-14(6-4-12)21(24,25)26/h3-8,10,13H,1-2,9,11H2. The molecule has 0 aliphatic carbocycles. The first-order valence-corrected chi connectivity index (χ1v) is 10.6. The van der Waals surface area contributed by atoms with Crippen LogP contribution in [0.1, 0.15) is 40.6 Å². The number of halogens is 5. The molecule has 0 saturated carbocycles. The van der Waals surface area contributed by atoms with Crippen LogP contribution in [0.5, 0.6) is 0 Å². The van der Waals surface area contributed by atoms with Crippen molar-refractivity contribution in [3.05, 3.63) is 69.0 Å². The molecular weight excluding hydrogens is 499 g/mol. The number of nitrogens with zero attached hydrogens (tertiary/aromatic N) is 3. The zero-order valence-electron chi connectivity index (χ0n) is 16.0. The molecule has 162 valence electrons. The Morgan fingerprint density at radius 1 is 1.16 bits per heavy atom. The second-order valence-corrected chi connectivity index (χ2v) is 8.56. The molecule has 2 aromatic carbocycles. The van der Waals surface area contributed by atoms with Crippen LogP contribution in [-0.2, 0) is 6.18 Å². The maximum atomic E-state index is 13.0. The Bertz CT molecular complexity index is 1100. The summed E-state index contributed by atoms with van der Waals surface area (Å²) in [4.78, 5) is 14.6. The second kappa shape index (κ2) is 8.63. The van der Waals surface area contributed by atoms with E-state index in [1.807, 2.05) is 0 Å². The molecule has 31 heavy (non-hydrogen) atoms. The van der Waals surface area contributed by atoms with Gasteiger partial charge in [-0.25, -0.2) is 0 Å². The van der Waals surface area contributed by atoms with Crippen molar-refractivity contribution < 1.29 is 22.4 Å². The summed E-state index contributed by atoms with van der Waals surface area (Å²) in [5.41, 5.74) is 0.0627. The predicted molar refractivity (Wildman–Crippen MR) is 112 cm³/mol. The van der Waals surface area contributed by atoms with E-state index >= 15 is 0 Å². The van der Waals surface area contributed by atoms with Crippen LogP contribution in [0.2, 0.25) is 5.02 Å². The van der Waals surface area contributed by atoms with Gasteiger partial charge >= 0.3 is 6.18 Å². The van der Waals surface area contributed by atoms with Crippen LogP contribution in [0, 0.1) is 0 Å². The fourth-order valence-corrected chi connectivity index (χ4v) is 4.07. The molecule has 1 aliphatic heterocycles. The van der Waals surface area contributed by atoms with Gasteiger partial charge in [-0.2, -0.15) is 13.2 Å². The van der Waals surface area contributed by atoms with E-state index in [-0.39, 0.29) is 17.7 Å². The molecular formula is C21H16BrClF3N3O2. The topological polar surface area (TPSA) is 59.2 Å². The van der Waals surface area contributed by atoms with Gasteiger partial charge in [0.25, 0.3) is 5.91 Å². The first-order chi connectivity index (χ1) is 14.7. The summed E-state index contributed by atoms with van der Waals surface area (Å²) in [6, 6.07) is 9.65. The highest BCUT2D eigenvalue weighted by molar-refractivity contribution is 9.10. The SMILES string of the molecule is O=C(c1cc(Br)ccc1Cl)N1CCCC(c2nnc(-c3ccc(C(F)(F)F)cc3)o2)C1. The lowest BCUT2D eigenvalue weighted by molar-refractivity contribution is -0.137. The molecule has 1 aromatic heterocycles. The van der Waals surface area contributed by atoms with Crippen LogP contribution in [0.4, 0.5) is 13.2 Å². The molecule has 10 heteroatoms. The van der Waals surface area contributed by atoms with Crippen LogP contribution in [0.15, 0.2) is 51.4 Å². The number of rotatable bonds is 3. The largest absolute Gasteiger partial charge is 0.420 e. The monoisotopic (exact) mass is 513 g/mol. The summed E-state index contributed by atoms with van der Waals surface area (Å²) in [6.07, 6.45) is -2.90. The Morgan fingerprint density at radius 2 is 1.90 bits per heavy atom. The van der Waals surface area contributed by atoms with Crippen molar-refractivity contribution in [2.45, 2.75) is 24.9 Å². The number of benzene rings is 2. The van der Waals surface area contributed by atoms with Crippen molar-refractivity contribution in [3.8, 4) is 11.5 Å². The Labute approximate surface area is 189 Å². The predicted octanol–water partition coefficient (Wildman–Crippen LogP) is 6.19. The van der Waals surface area contributed by atoms with Crippen molar-refractivity contribution in [2.75, 3.05) is 13.1 Å². The number of carbonyl (C=O) groups is 1. The first kappa shape index (κ1) is 21.8. The lowest BCUT2D eigenvalue weighted by atomic mass is 9.97. The van der Waals surface area contributed by atoms with E-state index in [2.05, 4.69) is 26.1 Å². The summed E-state index contributed by atoms with van der Waals surface area (Å²) < 4.78 is 44.7. The number of carbonyl (C=O) groups excluding carboxylic acids is 1. The van der Waals surface area contributed by atoms with Crippen LogP contribution >= 0.6 is 27.5 Å². The van der Waals surface area contributed by atoms with Gasteiger partial charge in [0.1, 0.15) is 0 Å². The molecule has 1 fully saturated rings. The fraction of sp³-hybridized carbons (Fsp3) is 0.286. The van der Waals surface area contributed by atoms with E-state index in [0.29, 0.717) is 35.1 Å². The minimum absolute atomic E-state index is 0.141. The third-order valence-electron chi connectivity index (χ3n) is 5.12. The Morgan fingerprint density at radius 3 is 2.61 bits per heavy atom. The Kier molecular flexibility index (Phi) is 6.07. The van der Waals surface area contributed by atoms with Gasteiger partial charge in [0.15, 0.2) is 0 Å². The fourth-order valence-electron chi connectivity index (χ4n) is 3.51. The van der Waals surface area contributed by atoms with Crippen LogP contribution < -0.4 is 0 Å². The van der Waals surface area contributed by atoms with Gasteiger partial charge in [0, 0.05) is 23.1 Å². The van der Waals surface area contributed by atoms with Gasteiger partial charge in [-0.15, -0.1) is 10.2 Å². The molecule has 1 aliphatic rings. The van der Waals surface area contributed by atoms with E-state index in [4.69, 9.17) is 16.0 Å². The number of hydrogen-bond acceptors (Lipinski definition) is 4. The van der Waals surface area contributed by atoms with Gasteiger partial charge in [-0.1, -0.05) is 27.5 Å². The summed E-state index contributed by atoms with van der Waals surface area (Å²) in [7, 11) is 0. The van der Waals surface area contributed by atoms with Crippen molar-refractivity contribution in [2.24, 2.45) is 0 Å². The number of hydrogen-bond donors (Lipinski definition) is 0. The molecule has 1 unspecified atom stereocenters. The molecule has 1 amide bonds. The van der Waals surface area contributed by atoms with E-state index in [9.17, 15) is 18.0 Å². The minimum Gasteiger partial charge on any atom is -0.420 e. The van der Waals surface area contributed by atoms with Gasteiger partial charge in [-0.05, 0) is 55.3 Å². The zero-order chi connectivity index (χ0) is 22.2. The number of likely N-dealkylation sites (tertiary alicyclic amines) is 1. The average Bonchev–Trinajstić information content (AvgIpc) is 3.25. The quantitative estimate of drug-likeness (QED) is 0.418. The molecule has 1 saturated heterocycles. The first-order valence-electron chi connectivity index (χ1n) is 9.48. The lowest BCUT2D eigenvalue weighted by Crippen LogP contribution is -2.39. The van der Waals surface area contributed by atoms with Gasteiger partial charge in [0.2, 0.25) is 11.8 Å². The number of aromatic nitrogens is 2. The van der Waals surface area contributed by atoms with Crippen LogP contribution in [-0.4, -0.2) is 34.1 Å². The third kappa shape index (κ3) is 4.77. The average molecular weight is 515 g/mol. The van der Waals surface area contributed by atoms with E-state index in [1.165, 1.54) is 12.1 Å². The van der Waals surface area contributed by atoms with Crippen molar-refractivity contribution in [3.63, 3.8) is 0 Å². The molecule has 3 aromatic rings. The number of alkyl halides is 3. The molecule has 0 N–H and O–H groups in total. The maximum absolute atomic E-state index is 13.0. The molecule has 2 heterocycles. The van der Waals surface area contributed by atoms with Gasteiger partial charge in [0.05, 0.1) is 22.1 Å². The summed E-state index contributed by atoms with van der Waals surface area (Å²) in [5, 5.41) is 8.43. The highest BCUT2D eigenvalue weighted by Gasteiger charge is 2.31. The highest BCUT2D eigenvalue weighted by Crippen LogP contribution is 2.33. The number of amides is 1. The van der Waals surface area contributed by atoms with Crippen LogP contribution in [0.25, 0.3) is 11.5 Å². The highest BCUT2D eigenvalue weighted by atomic mass is 79.9. The van der Waals surface area contributed by atoms with Crippen molar-refractivity contribution in [1.82, 2.24) is 15.1 Å². The maximum Gasteiger partial charge on any atom is 0.416 e. The lowest BCUT2D eigenvalue weighted by Gasteiger charge is -2.31. The molecule has 0 radical (unpaired) electrons. The molecule has 0 bridgehead atoms. The van der Waals surface area contributed by atoms with Gasteiger partial charge in [-0.3, -0.25) is 4.79 Å². The summed E-state index contributed by atoms with van der Waals surface area (Å²) in [5.74, 6) is 0.146. The second-order valence-electron chi connectivity index (χ2n) is 7.24. The van der Waals surface area contributed by atoms with Gasteiger partial charge < -0.3 is 9.32 Å².